The second-order valence-electron chi connectivity index (χ2n) is 6.09. The highest BCUT2D eigenvalue weighted by Gasteiger charge is 2.30. The van der Waals surface area contributed by atoms with Crippen molar-refractivity contribution in [3.63, 3.8) is 0 Å². The first kappa shape index (κ1) is 17.2. The Bertz CT molecular complexity index is 844. The third-order valence-electron chi connectivity index (χ3n) is 3.95. The monoisotopic (exact) mass is 357 g/mol. The van der Waals surface area contributed by atoms with Gasteiger partial charge in [-0.2, -0.15) is 0 Å². The van der Waals surface area contributed by atoms with Crippen molar-refractivity contribution < 1.29 is 4.79 Å². The van der Waals surface area contributed by atoms with Crippen LogP contribution in [0.25, 0.3) is 0 Å². The van der Waals surface area contributed by atoms with Gasteiger partial charge in [0.2, 0.25) is 5.95 Å². The first-order chi connectivity index (χ1) is 11.8. The van der Waals surface area contributed by atoms with Gasteiger partial charge in [-0.3, -0.25) is 9.69 Å². The fraction of sp³-hybridized carbons (Fsp3) is 0.278. The number of carbonyl (C=O) groups is 1. The minimum atomic E-state index is -0.518. The molecule has 1 amide bonds. The van der Waals surface area contributed by atoms with Gasteiger partial charge in [0.15, 0.2) is 6.29 Å². The standard InChI is InChI=1S/C18H20ClN5O/c1-10-8-11(2)21-17(20-10)23-18-22-12(3)9-16(25)24(18)15-7-5-6-14(19)13(15)4/h5-9,18,22H,1-4H3,(H,20,21,23). The normalized spacial score (nSPS) is 17.2. The Morgan fingerprint density at radius 1 is 1.16 bits per heavy atom. The van der Waals surface area contributed by atoms with E-state index in [2.05, 4.69) is 20.6 Å². The lowest BCUT2D eigenvalue weighted by molar-refractivity contribution is -0.115. The van der Waals surface area contributed by atoms with E-state index in [0.717, 1.165) is 28.3 Å². The number of rotatable bonds is 3. The van der Waals surface area contributed by atoms with Crippen LogP contribution in [0.4, 0.5) is 11.6 Å². The van der Waals surface area contributed by atoms with Gasteiger partial charge in [-0.15, -0.1) is 0 Å². The molecule has 130 valence electrons. The zero-order valence-electron chi connectivity index (χ0n) is 14.6. The molecule has 2 N–H and O–H groups in total. The quantitative estimate of drug-likeness (QED) is 0.882. The molecule has 6 nitrogen and oxygen atoms in total. The Morgan fingerprint density at radius 2 is 1.84 bits per heavy atom. The lowest BCUT2D eigenvalue weighted by atomic mass is 10.1. The van der Waals surface area contributed by atoms with Crippen LogP contribution in [0.15, 0.2) is 36.0 Å². The summed E-state index contributed by atoms with van der Waals surface area (Å²) in [7, 11) is 0. The average molecular weight is 358 g/mol. The average Bonchev–Trinajstić information content (AvgIpc) is 2.49. The highest BCUT2D eigenvalue weighted by Crippen LogP contribution is 2.29. The van der Waals surface area contributed by atoms with E-state index < -0.39 is 6.29 Å². The van der Waals surface area contributed by atoms with Gasteiger partial charge in [0.1, 0.15) is 0 Å². The highest BCUT2D eigenvalue weighted by atomic mass is 35.5. The molecule has 0 radical (unpaired) electrons. The largest absolute Gasteiger partial charge is 0.351 e. The van der Waals surface area contributed by atoms with Gasteiger partial charge in [0.05, 0.1) is 5.69 Å². The first-order valence-corrected chi connectivity index (χ1v) is 8.35. The van der Waals surface area contributed by atoms with Gasteiger partial charge in [-0.25, -0.2) is 9.97 Å². The van der Waals surface area contributed by atoms with Crippen LogP contribution in [0.5, 0.6) is 0 Å². The molecule has 0 saturated carbocycles. The van der Waals surface area contributed by atoms with Gasteiger partial charge in [0, 0.05) is 28.2 Å². The van der Waals surface area contributed by atoms with Crippen LogP contribution in [0.1, 0.15) is 23.9 Å². The Morgan fingerprint density at radius 3 is 2.52 bits per heavy atom. The van der Waals surface area contributed by atoms with Crippen molar-refractivity contribution in [2.24, 2.45) is 0 Å². The van der Waals surface area contributed by atoms with E-state index >= 15 is 0 Å². The number of allylic oxidation sites excluding steroid dienone is 1. The fourth-order valence-electron chi connectivity index (χ4n) is 2.83. The number of amides is 1. The van der Waals surface area contributed by atoms with Crippen LogP contribution in [0, 0.1) is 20.8 Å². The Hall–Kier alpha value is -2.60. The second-order valence-corrected chi connectivity index (χ2v) is 6.49. The molecular formula is C18H20ClN5O. The Kier molecular flexibility index (Phi) is 4.63. The minimum absolute atomic E-state index is 0.136. The molecule has 0 fully saturated rings. The van der Waals surface area contributed by atoms with Crippen LogP contribution in [-0.4, -0.2) is 22.2 Å². The van der Waals surface area contributed by atoms with E-state index in [1.165, 1.54) is 0 Å². The summed E-state index contributed by atoms with van der Waals surface area (Å²) >= 11 is 6.24. The lowest BCUT2D eigenvalue weighted by Gasteiger charge is -2.37. The predicted molar refractivity (Wildman–Crippen MR) is 99.5 cm³/mol. The maximum atomic E-state index is 12.7. The summed E-state index contributed by atoms with van der Waals surface area (Å²) in [5, 5.41) is 7.08. The molecule has 2 aromatic rings. The zero-order chi connectivity index (χ0) is 18.1. The van der Waals surface area contributed by atoms with Gasteiger partial charge in [-0.1, -0.05) is 17.7 Å². The molecule has 7 heteroatoms. The number of halogens is 1. The number of anilines is 2. The molecule has 1 aliphatic rings. The fourth-order valence-corrected chi connectivity index (χ4v) is 3.00. The molecule has 1 atom stereocenters. The number of hydrogen-bond acceptors (Lipinski definition) is 5. The van der Waals surface area contributed by atoms with Crippen molar-refractivity contribution in [1.82, 2.24) is 15.3 Å². The molecule has 2 heterocycles. The Labute approximate surface area is 151 Å². The van der Waals surface area contributed by atoms with Crippen LogP contribution < -0.4 is 15.5 Å². The smallest absolute Gasteiger partial charge is 0.255 e. The van der Waals surface area contributed by atoms with E-state index in [-0.39, 0.29) is 5.91 Å². The second kappa shape index (κ2) is 6.72. The molecule has 0 aliphatic carbocycles. The summed E-state index contributed by atoms with van der Waals surface area (Å²) in [5.41, 5.74) is 4.05. The Balaban J connectivity index is 2.01. The minimum Gasteiger partial charge on any atom is -0.351 e. The molecule has 1 aromatic carbocycles. The van der Waals surface area contributed by atoms with Crippen molar-refractivity contribution in [1.29, 1.82) is 0 Å². The number of hydrogen-bond donors (Lipinski definition) is 2. The molecule has 25 heavy (non-hydrogen) atoms. The molecule has 1 aromatic heterocycles. The SMILES string of the molecule is CC1=CC(=O)N(c2cccc(Cl)c2C)C(Nc2nc(C)cc(C)n2)N1. The topological polar surface area (TPSA) is 70.2 Å². The van der Waals surface area contributed by atoms with Gasteiger partial charge >= 0.3 is 0 Å². The van der Waals surface area contributed by atoms with Gasteiger partial charge in [-0.05, 0) is 51.5 Å². The third-order valence-corrected chi connectivity index (χ3v) is 4.36. The van der Waals surface area contributed by atoms with E-state index in [4.69, 9.17) is 11.6 Å². The van der Waals surface area contributed by atoms with E-state index in [1.807, 2.05) is 45.9 Å². The lowest BCUT2D eigenvalue weighted by Crippen LogP contribution is -2.56. The van der Waals surface area contributed by atoms with E-state index in [0.29, 0.717) is 11.0 Å². The van der Waals surface area contributed by atoms with Gasteiger partial charge in [0.25, 0.3) is 5.91 Å². The number of nitrogens with one attached hydrogen (secondary N) is 2. The van der Waals surface area contributed by atoms with Crippen molar-refractivity contribution in [2.75, 3.05) is 10.2 Å². The van der Waals surface area contributed by atoms with Crippen molar-refractivity contribution in [2.45, 2.75) is 34.0 Å². The van der Waals surface area contributed by atoms with Crippen LogP contribution >= 0.6 is 11.6 Å². The maximum Gasteiger partial charge on any atom is 0.255 e. The number of aryl methyl sites for hydroxylation is 2. The predicted octanol–water partition coefficient (Wildman–Crippen LogP) is 3.29. The molecular weight excluding hydrogens is 338 g/mol. The van der Waals surface area contributed by atoms with Crippen LogP contribution in [0.2, 0.25) is 5.02 Å². The molecule has 0 saturated heterocycles. The highest BCUT2D eigenvalue weighted by molar-refractivity contribution is 6.31. The molecule has 3 rings (SSSR count). The van der Waals surface area contributed by atoms with Crippen molar-refractivity contribution >= 4 is 29.1 Å². The first-order valence-electron chi connectivity index (χ1n) is 7.97. The van der Waals surface area contributed by atoms with Crippen molar-refractivity contribution in [3.8, 4) is 0 Å². The van der Waals surface area contributed by atoms with E-state index in [9.17, 15) is 4.79 Å². The molecule has 0 spiro atoms. The van der Waals surface area contributed by atoms with E-state index in [1.54, 1.807) is 17.0 Å². The maximum absolute atomic E-state index is 12.7. The number of aromatic nitrogens is 2. The molecule has 1 aliphatic heterocycles. The number of carbonyl (C=O) groups excluding carboxylic acids is 1. The summed E-state index contributed by atoms with van der Waals surface area (Å²) in [6.45, 7) is 7.55. The summed E-state index contributed by atoms with van der Waals surface area (Å²) in [6.07, 6.45) is 1.04. The molecule has 1 unspecified atom stereocenters. The molecule has 0 bridgehead atoms. The summed E-state index contributed by atoms with van der Waals surface area (Å²) in [5.74, 6) is 0.325. The summed E-state index contributed by atoms with van der Waals surface area (Å²) in [6, 6.07) is 7.40. The zero-order valence-corrected chi connectivity index (χ0v) is 15.3. The van der Waals surface area contributed by atoms with Crippen LogP contribution in [-0.2, 0) is 4.79 Å². The van der Waals surface area contributed by atoms with Crippen LogP contribution in [0.3, 0.4) is 0 Å². The number of benzene rings is 1. The summed E-state index contributed by atoms with van der Waals surface area (Å²) < 4.78 is 0. The summed E-state index contributed by atoms with van der Waals surface area (Å²) in [4.78, 5) is 23.1. The number of nitrogens with zero attached hydrogens (tertiary/aromatic N) is 3. The van der Waals surface area contributed by atoms with Gasteiger partial charge < -0.3 is 10.6 Å². The third kappa shape index (κ3) is 3.58. The van der Waals surface area contributed by atoms with Crippen molar-refractivity contribution in [3.05, 3.63) is 58.0 Å².